The number of allylic oxidation sites excluding steroid dienone is 8. The topological polar surface area (TPSA) is 95.9 Å². The molecular formula is C68H127NO5. The first-order valence-corrected chi connectivity index (χ1v) is 32.9. The van der Waals surface area contributed by atoms with Crippen molar-refractivity contribution < 1.29 is 24.5 Å². The lowest BCUT2D eigenvalue weighted by Crippen LogP contribution is -2.45. The molecule has 0 aliphatic rings. The number of aliphatic hydroxyl groups excluding tert-OH is 2. The Balaban J connectivity index is 3.39. The lowest BCUT2D eigenvalue weighted by molar-refractivity contribution is -0.143. The highest BCUT2D eigenvalue weighted by molar-refractivity contribution is 5.76. The minimum atomic E-state index is -0.663. The summed E-state index contributed by atoms with van der Waals surface area (Å²) in [6.07, 6.45) is 81.5. The van der Waals surface area contributed by atoms with Crippen LogP contribution in [0.1, 0.15) is 348 Å². The summed E-state index contributed by atoms with van der Waals surface area (Å²) in [6, 6.07) is -0.540. The molecule has 6 heteroatoms. The number of rotatable bonds is 61. The Bertz CT molecular complexity index is 1240. The lowest BCUT2D eigenvalue weighted by Gasteiger charge is -2.22. The van der Waals surface area contributed by atoms with Gasteiger partial charge in [-0.1, -0.05) is 300 Å². The van der Waals surface area contributed by atoms with Gasteiger partial charge in [0.05, 0.1) is 25.4 Å². The maximum atomic E-state index is 12.5. The summed E-state index contributed by atoms with van der Waals surface area (Å²) in [5.74, 6) is -0.0359. The van der Waals surface area contributed by atoms with E-state index in [1.165, 1.54) is 257 Å². The number of carbonyl (C=O) groups is 2. The van der Waals surface area contributed by atoms with Gasteiger partial charge in [-0.2, -0.15) is 0 Å². The summed E-state index contributed by atoms with van der Waals surface area (Å²) in [5, 5.41) is 23.2. The van der Waals surface area contributed by atoms with Crippen LogP contribution < -0.4 is 5.32 Å². The molecule has 74 heavy (non-hydrogen) atoms. The van der Waals surface area contributed by atoms with Gasteiger partial charge in [0.2, 0.25) is 5.91 Å². The highest BCUT2D eigenvalue weighted by atomic mass is 16.5. The molecule has 6 nitrogen and oxygen atoms in total. The van der Waals surface area contributed by atoms with Crippen molar-refractivity contribution >= 4 is 11.9 Å². The fourth-order valence-corrected chi connectivity index (χ4v) is 10.0. The van der Waals surface area contributed by atoms with Crippen LogP contribution in [0, 0.1) is 0 Å². The van der Waals surface area contributed by atoms with Crippen molar-refractivity contribution in [1.82, 2.24) is 5.32 Å². The maximum Gasteiger partial charge on any atom is 0.305 e. The SMILES string of the molecule is CCCC/C=C\C/C=C\CCCCCCCC(=O)OCCCCCCCCCCC/C=C\C/C=C\CCCCCCCCCCCCCCCCCC(=O)NC(CO)C(O)CCCCCCCCCCCCCC. The van der Waals surface area contributed by atoms with Gasteiger partial charge < -0.3 is 20.3 Å². The number of ether oxygens (including phenoxy) is 1. The molecule has 0 aliphatic carbocycles. The van der Waals surface area contributed by atoms with Crippen LogP contribution in [0.3, 0.4) is 0 Å². The van der Waals surface area contributed by atoms with Gasteiger partial charge in [0.15, 0.2) is 0 Å². The zero-order chi connectivity index (χ0) is 53.6. The minimum absolute atomic E-state index is 0.00172. The Morgan fingerprint density at radius 2 is 0.689 bits per heavy atom. The normalized spacial score (nSPS) is 12.9. The molecule has 3 N–H and O–H groups in total. The maximum absolute atomic E-state index is 12.5. The van der Waals surface area contributed by atoms with Crippen molar-refractivity contribution in [3.8, 4) is 0 Å². The summed E-state index contributed by atoms with van der Waals surface area (Å²) in [4.78, 5) is 24.5. The summed E-state index contributed by atoms with van der Waals surface area (Å²) >= 11 is 0. The fourth-order valence-electron chi connectivity index (χ4n) is 10.0. The molecule has 0 aliphatic heterocycles. The standard InChI is InChI=1S/C68H127NO5/c1-3-5-7-9-11-13-15-17-38-42-46-50-54-58-62-68(73)74-63-59-55-51-47-43-39-36-34-32-30-28-26-24-22-20-18-19-21-23-25-27-29-31-33-35-37-41-45-49-53-57-61-67(72)69-65(64-70)66(71)60-56-52-48-44-40-16-14-12-10-8-6-4-2/h9,11,15,17,20,22,26,28,65-66,70-71H,3-8,10,12-14,16,18-19,21,23-25,27,29-64H2,1-2H3,(H,69,72)/b11-9-,17-15-,22-20-,28-26-. The molecule has 0 fully saturated rings. The second kappa shape index (κ2) is 63.4. The second-order valence-electron chi connectivity index (χ2n) is 22.4. The summed E-state index contributed by atoms with van der Waals surface area (Å²) in [5.41, 5.74) is 0. The van der Waals surface area contributed by atoms with E-state index in [1.54, 1.807) is 0 Å². The number of carbonyl (C=O) groups excluding carboxylic acids is 2. The van der Waals surface area contributed by atoms with E-state index in [0.717, 1.165) is 57.8 Å². The molecule has 0 saturated heterocycles. The van der Waals surface area contributed by atoms with Crippen LogP contribution in [-0.4, -0.2) is 47.4 Å². The van der Waals surface area contributed by atoms with Crippen molar-refractivity contribution in [3.05, 3.63) is 48.6 Å². The van der Waals surface area contributed by atoms with Crippen molar-refractivity contribution in [1.29, 1.82) is 0 Å². The lowest BCUT2D eigenvalue weighted by atomic mass is 10.0. The van der Waals surface area contributed by atoms with Crippen LogP contribution in [0.15, 0.2) is 48.6 Å². The molecule has 2 unspecified atom stereocenters. The third kappa shape index (κ3) is 59.1. The van der Waals surface area contributed by atoms with E-state index in [-0.39, 0.29) is 18.5 Å². The highest BCUT2D eigenvalue weighted by Crippen LogP contribution is 2.17. The Morgan fingerprint density at radius 3 is 1.07 bits per heavy atom. The van der Waals surface area contributed by atoms with Gasteiger partial charge in [0.25, 0.3) is 0 Å². The molecule has 0 rings (SSSR count). The summed E-state index contributed by atoms with van der Waals surface area (Å²) in [7, 11) is 0. The average molecular weight is 1040 g/mol. The Labute approximate surface area is 461 Å². The van der Waals surface area contributed by atoms with E-state index in [9.17, 15) is 19.8 Å². The molecule has 0 aromatic heterocycles. The van der Waals surface area contributed by atoms with E-state index in [2.05, 4.69) is 67.8 Å². The number of nitrogens with one attached hydrogen (secondary N) is 1. The monoisotopic (exact) mass is 1040 g/mol. The van der Waals surface area contributed by atoms with Gasteiger partial charge >= 0.3 is 5.97 Å². The Kier molecular flexibility index (Phi) is 61.5. The predicted octanol–water partition coefficient (Wildman–Crippen LogP) is 20.9. The summed E-state index contributed by atoms with van der Waals surface area (Å²) in [6.45, 7) is 4.91. The first kappa shape index (κ1) is 71.8. The van der Waals surface area contributed by atoms with Gasteiger partial charge in [-0.3, -0.25) is 9.59 Å². The number of aliphatic hydroxyl groups is 2. The van der Waals surface area contributed by atoms with E-state index < -0.39 is 12.1 Å². The molecule has 434 valence electrons. The third-order valence-corrected chi connectivity index (χ3v) is 15.1. The zero-order valence-electron chi connectivity index (χ0n) is 49.6. The van der Waals surface area contributed by atoms with Crippen LogP contribution in [0.2, 0.25) is 0 Å². The van der Waals surface area contributed by atoms with Gasteiger partial charge in [0.1, 0.15) is 0 Å². The second-order valence-corrected chi connectivity index (χ2v) is 22.4. The van der Waals surface area contributed by atoms with Gasteiger partial charge in [-0.25, -0.2) is 0 Å². The third-order valence-electron chi connectivity index (χ3n) is 15.1. The van der Waals surface area contributed by atoms with Crippen LogP contribution in [0.25, 0.3) is 0 Å². The molecule has 0 spiro atoms. The van der Waals surface area contributed by atoms with Crippen molar-refractivity contribution in [2.24, 2.45) is 0 Å². The Morgan fingerprint density at radius 1 is 0.378 bits per heavy atom. The predicted molar refractivity (Wildman–Crippen MR) is 324 cm³/mol. The van der Waals surface area contributed by atoms with Crippen molar-refractivity contribution in [2.45, 2.75) is 360 Å². The highest BCUT2D eigenvalue weighted by Gasteiger charge is 2.20. The molecule has 0 radical (unpaired) electrons. The largest absolute Gasteiger partial charge is 0.466 e. The molecule has 2 atom stereocenters. The molecular weight excluding hydrogens is 911 g/mol. The van der Waals surface area contributed by atoms with Gasteiger partial charge in [-0.15, -0.1) is 0 Å². The zero-order valence-corrected chi connectivity index (χ0v) is 49.6. The first-order chi connectivity index (χ1) is 36.5. The average Bonchev–Trinajstić information content (AvgIpc) is 3.40. The van der Waals surface area contributed by atoms with E-state index >= 15 is 0 Å². The minimum Gasteiger partial charge on any atom is -0.466 e. The molecule has 1 amide bonds. The van der Waals surface area contributed by atoms with Crippen LogP contribution in [0.5, 0.6) is 0 Å². The number of hydrogen-bond donors (Lipinski definition) is 3. The molecule has 0 saturated carbocycles. The molecule has 0 heterocycles. The fraction of sp³-hybridized carbons (Fsp3) is 0.853. The van der Waals surface area contributed by atoms with Crippen molar-refractivity contribution in [2.75, 3.05) is 13.2 Å². The van der Waals surface area contributed by atoms with Crippen LogP contribution in [-0.2, 0) is 14.3 Å². The van der Waals surface area contributed by atoms with Crippen LogP contribution in [0.4, 0.5) is 0 Å². The van der Waals surface area contributed by atoms with E-state index in [4.69, 9.17) is 4.74 Å². The number of esters is 1. The van der Waals surface area contributed by atoms with E-state index in [1.807, 2.05) is 0 Å². The molecule has 0 aromatic rings. The van der Waals surface area contributed by atoms with Gasteiger partial charge in [-0.05, 0) is 83.5 Å². The molecule has 0 aromatic carbocycles. The number of unbranched alkanes of at least 4 members (excludes halogenated alkanes) is 42. The quantitative estimate of drug-likeness (QED) is 0.0320. The van der Waals surface area contributed by atoms with Crippen molar-refractivity contribution in [3.63, 3.8) is 0 Å². The Hall–Kier alpha value is -2.18. The summed E-state index contributed by atoms with van der Waals surface area (Å²) < 4.78 is 5.47. The van der Waals surface area contributed by atoms with E-state index in [0.29, 0.717) is 25.9 Å². The number of hydrogen-bond acceptors (Lipinski definition) is 5. The molecule has 0 bridgehead atoms. The smallest absolute Gasteiger partial charge is 0.305 e. The first-order valence-electron chi connectivity index (χ1n) is 32.9. The van der Waals surface area contributed by atoms with Crippen LogP contribution >= 0.6 is 0 Å². The van der Waals surface area contributed by atoms with Gasteiger partial charge in [0, 0.05) is 12.8 Å². The number of amides is 1.